The summed E-state index contributed by atoms with van der Waals surface area (Å²) < 4.78 is 0. The number of nitroso groups, excluding NO2 is 1. The van der Waals surface area contributed by atoms with E-state index in [1.807, 2.05) is 11.8 Å². The number of thioether (sulfide) groups is 1. The van der Waals surface area contributed by atoms with E-state index in [0.717, 1.165) is 35.7 Å². The van der Waals surface area contributed by atoms with E-state index < -0.39 is 18.4 Å². The molecule has 11 heteroatoms. The third-order valence-electron chi connectivity index (χ3n) is 4.90. The van der Waals surface area contributed by atoms with Gasteiger partial charge in [0.15, 0.2) is 0 Å². The minimum Gasteiger partial charge on any atom is -0.367 e. The minimum absolute atomic E-state index is 0.0595. The van der Waals surface area contributed by atoms with E-state index in [2.05, 4.69) is 27.7 Å². The molecule has 2 aliphatic rings. The molecular weight excluding hydrogens is 398 g/mol. The maximum absolute atomic E-state index is 12.0. The SMILES string of the molecule is C=C1NC2CSC(CCCCC(=O)NCCC(=O)N(CC=O)CC(=O)N=O)C2N1. The normalized spacial score (nSPS) is 22.2. The van der Waals surface area contributed by atoms with Gasteiger partial charge in [-0.25, -0.2) is 0 Å². The van der Waals surface area contributed by atoms with Crippen molar-refractivity contribution in [2.75, 3.05) is 25.4 Å². The van der Waals surface area contributed by atoms with Gasteiger partial charge in [0.25, 0.3) is 0 Å². The molecular formula is C18H27N5O5S. The van der Waals surface area contributed by atoms with Crippen LogP contribution in [0.25, 0.3) is 0 Å². The summed E-state index contributed by atoms with van der Waals surface area (Å²) >= 11 is 1.94. The van der Waals surface area contributed by atoms with Crippen LogP contribution in [0.15, 0.2) is 17.6 Å². The topological polar surface area (TPSA) is 137 Å². The van der Waals surface area contributed by atoms with Gasteiger partial charge in [0.05, 0.1) is 24.4 Å². The molecule has 0 aliphatic carbocycles. The highest BCUT2D eigenvalue weighted by Crippen LogP contribution is 2.34. The number of hydrogen-bond acceptors (Lipinski definition) is 8. The summed E-state index contributed by atoms with van der Waals surface area (Å²) in [5, 5.41) is 12.1. The Labute approximate surface area is 173 Å². The minimum atomic E-state index is -1.02. The zero-order valence-corrected chi connectivity index (χ0v) is 17.0. The molecule has 0 aromatic rings. The van der Waals surface area contributed by atoms with Gasteiger partial charge in [-0.2, -0.15) is 11.8 Å². The molecule has 2 rings (SSSR count). The van der Waals surface area contributed by atoms with Gasteiger partial charge in [0.1, 0.15) is 12.8 Å². The number of carbonyl (C=O) groups is 4. The van der Waals surface area contributed by atoms with E-state index in [1.165, 1.54) is 0 Å². The maximum Gasteiger partial charge on any atom is 0.305 e. The van der Waals surface area contributed by atoms with Gasteiger partial charge < -0.3 is 25.6 Å². The van der Waals surface area contributed by atoms with Crippen LogP contribution >= 0.6 is 11.8 Å². The van der Waals surface area contributed by atoms with Gasteiger partial charge in [-0.3, -0.25) is 14.4 Å². The molecule has 3 atom stereocenters. The fraction of sp³-hybridized carbons (Fsp3) is 0.667. The average Bonchev–Trinajstić information content (AvgIpc) is 3.24. The summed E-state index contributed by atoms with van der Waals surface area (Å²) in [5.41, 5.74) is 0. The Balaban J connectivity index is 1.57. The molecule has 2 aliphatic heterocycles. The van der Waals surface area contributed by atoms with Crippen LogP contribution in [0.2, 0.25) is 0 Å². The molecule has 3 unspecified atom stereocenters. The van der Waals surface area contributed by atoms with Crippen molar-refractivity contribution in [3.05, 3.63) is 17.3 Å². The Kier molecular flexibility index (Phi) is 9.10. The van der Waals surface area contributed by atoms with E-state index >= 15 is 0 Å². The van der Waals surface area contributed by atoms with Gasteiger partial charge in [-0.1, -0.05) is 13.0 Å². The predicted molar refractivity (Wildman–Crippen MR) is 109 cm³/mol. The summed E-state index contributed by atoms with van der Waals surface area (Å²) in [7, 11) is 0. The van der Waals surface area contributed by atoms with Gasteiger partial charge in [-0.05, 0) is 12.8 Å². The van der Waals surface area contributed by atoms with Crippen LogP contribution in [0.1, 0.15) is 32.1 Å². The van der Waals surface area contributed by atoms with Gasteiger partial charge >= 0.3 is 5.91 Å². The van der Waals surface area contributed by atoms with Gasteiger partial charge in [0.2, 0.25) is 11.8 Å². The van der Waals surface area contributed by atoms with Crippen molar-refractivity contribution in [1.82, 2.24) is 20.9 Å². The lowest BCUT2D eigenvalue weighted by Gasteiger charge is -2.18. The monoisotopic (exact) mass is 425 g/mol. The van der Waals surface area contributed by atoms with Crippen molar-refractivity contribution in [3.63, 3.8) is 0 Å². The van der Waals surface area contributed by atoms with Crippen LogP contribution in [-0.4, -0.2) is 71.6 Å². The van der Waals surface area contributed by atoms with Crippen molar-refractivity contribution in [2.45, 2.75) is 49.4 Å². The first-order chi connectivity index (χ1) is 13.9. The van der Waals surface area contributed by atoms with Crippen LogP contribution in [0.5, 0.6) is 0 Å². The molecule has 0 aromatic carbocycles. The largest absolute Gasteiger partial charge is 0.367 e. The Morgan fingerprint density at radius 3 is 2.79 bits per heavy atom. The predicted octanol–water partition coefficient (Wildman–Crippen LogP) is -0.110. The second-order valence-electron chi connectivity index (χ2n) is 7.04. The summed E-state index contributed by atoms with van der Waals surface area (Å²) in [6.07, 6.45) is 3.51. The van der Waals surface area contributed by atoms with Crippen LogP contribution in [0.3, 0.4) is 0 Å². The fourth-order valence-corrected chi connectivity index (χ4v) is 5.01. The molecule has 0 bridgehead atoms. The zero-order valence-electron chi connectivity index (χ0n) is 16.2. The van der Waals surface area contributed by atoms with E-state index in [-0.39, 0.29) is 25.4 Å². The molecule has 10 nitrogen and oxygen atoms in total. The Morgan fingerprint density at radius 1 is 1.28 bits per heavy atom. The summed E-state index contributed by atoms with van der Waals surface area (Å²) in [6.45, 7) is 3.18. The third-order valence-corrected chi connectivity index (χ3v) is 6.41. The van der Waals surface area contributed by atoms with Crippen molar-refractivity contribution in [1.29, 1.82) is 0 Å². The first-order valence-electron chi connectivity index (χ1n) is 9.62. The molecule has 160 valence electrons. The first-order valence-corrected chi connectivity index (χ1v) is 10.7. The van der Waals surface area contributed by atoms with Gasteiger partial charge in [-0.15, -0.1) is 4.91 Å². The molecule has 2 fully saturated rings. The molecule has 0 spiro atoms. The van der Waals surface area contributed by atoms with Crippen LogP contribution in [0, 0.1) is 4.91 Å². The van der Waals surface area contributed by atoms with Crippen LogP contribution < -0.4 is 16.0 Å². The maximum atomic E-state index is 12.0. The van der Waals surface area contributed by atoms with E-state index in [9.17, 15) is 24.1 Å². The number of amides is 3. The highest BCUT2D eigenvalue weighted by molar-refractivity contribution is 8.00. The standard InChI is InChI=1S/C18H27N5O5S/c1-12-20-13-11-29-14(18(13)21-12)4-2-3-5-15(25)19-7-6-17(27)23(8-9-24)10-16(26)22-28/h9,13-14,18,20-21H,1-8,10-11H2,(H,19,25). The molecule has 29 heavy (non-hydrogen) atoms. The Hall–Kier alpha value is -2.43. The summed E-state index contributed by atoms with van der Waals surface area (Å²) in [6, 6.07) is 0.845. The number of rotatable bonds is 12. The highest BCUT2D eigenvalue weighted by Gasteiger charge is 2.40. The number of carbonyl (C=O) groups excluding carboxylic acids is 4. The smallest absolute Gasteiger partial charge is 0.305 e. The lowest BCUT2D eigenvalue weighted by molar-refractivity contribution is -0.136. The molecule has 2 saturated heterocycles. The molecule has 2 heterocycles. The second kappa shape index (κ2) is 11.5. The number of hydrogen-bond donors (Lipinski definition) is 3. The molecule has 0 aromatic heterocycles. The summed E-state index contributed by atoms with van der Waals surface area (Å²) in [5.74, 6) is 0.283. The number of nitrogens with one attached hydrogen (secondary N) is 3. The fourth-order valence-electron chi connectivity index (χ4n) is 3.47. The van der Waals surface area contributed by atoms with E-state index in [4.69, 9.17) is 0 Å². The highest BCUT2D eigenvalue weighted by atomic mass is 32.2. The lowest BCUT2D eigenvalue weighted by Crippen LogP contribution is -2.38. The quantitative estimate of drug-likeness (QED) is 0.224. The number of aldehydes is 1. The first kappa shape index (κ1) is 22.9. The number of fused-ring (bicyclic) bond motifs is 1. The van der Waals surface area contributed by atoms with Crippen molar-refractivity contribution in [3.8, 4) is 0 Å². The van der Waals surface area contributed by atoms with Crippen molar-refractivity contribution in [2.24, 2.45) is 5.18 Å². The van der Waals surface area contributed by atoms with Crippen LogP contribution in [0.4, 0.5) is 0 Å². The molecule has 0 saturated carbocycles. The Morgan fingerprint density at radius 2 is 2.07 bits per heavy atom. The lowest BCUT2D eigenvalue weighted by atomic mass is 10.0. The molecule has 3 N–H and O–H groups in total. The van der Waals surface area contributed by atoms with Crippen LogP contribution in [-0.2, 0) is 19.2 Å². The zero-order chi connectivity index (χ0) is 21.2. The van der Waals surface area contributed by atoms with Crippen molar-refractivity contribution >= 4 is 35.8 Å². The Bertz CT molecular complexity index is 659. The average molecular weight is 426 g/mol. The summed E-state index contributed by atoms with van der Waals surface area (Å²) in [4.78, 5) is 56.6. The number of nitrogens with zero attached hydrogens (tertiary/aromatic N) is 2. The number of unbranched alkanes of at least 4 members (excludes halogenated alkanes) is 1. The molecule has 3 amide bonds. The van der Waals surface area contributed by atoms with E-state index in [1.54, 1.807) is 0 Å². The van der Waals surface area contributed by atoms with E-state index in [0.29, 0.717) is 30.0 Å². The second-order valence-corrected chi connectivity index (χ2v) is 8.32. The third kappa shape index (κ3) is 7.15. The van der Waals surface area contributed by atoms with Gasteiger partial charge in [0, 0.05) is 35.6 Å². The van der Waals surface area contributed by atoms with Crippen molar-refractivity contribution < 1.29 is 19.2 Å². The molecule has 0 radical (unpaired) electrons.